The molecule has 0 radical (unpaired) electrons. The Morgan fingerprint density at radius 1 is 1.00 bits per heavy atom. The third-order valence-corrected chi connectivity index (χ3v) is 8.45. The van der Waals surface area contributed by atoms with Crippen LogP contribution in [0.15, 0.2) is 89.8 Å². The summed E-state index contributed by atoms with van der Waals surface area (Å²) in [6.45, 7) is 2.61. The molecule has 0 fully saturated rings. The molecule has 5 nitrogen and oxygen atoms in total. The van der Waals surface area contributed by atoms with Crippen LogP contribution < -0.4 is 14.4 Å². The summed E-state index contributed by atoms with van der Waals surface area (Å²) in [6, 6.07) is 22.9. The molecule has 6 heteroatoms. The van der Waals surface area contributed by atoms with E-state index in [1.807, 2.05) is 55.5 Å². The number of nitrogens with one attached hydrogen (secondary N) is 1. The molecule has 3 unspecified atom stereocenters. The van der Waals surface area contributed by atoms with Crippen LogP contribution in [0.2, 0.25) is 0 Å². The van der Waals surface area contributed by atoms with E-state index in [4.69, 9.17) is 4.74 Å². The van der Waals surface area contributed by atoms with Gasteiger partial charge in [-0.3, -0.25) is 4.31 Å². The van der Waals surface area contributed by atoms with Crippen LogP contribution in [0.1, 0.15) is 36.4 Å². The van der Waals surface area contributed by atoms with Crippen LogP contribution in [0.4, 0.5) is 11.4 Å². The average molecular weight is 461 g/mol. The maximum absolute atomic E-state index is 13.4. The summed E-state index contributed by atoms with van der Waals surface area (Å²) >= 11 is 0. The lowest BCUT2D eigenvalue weighted by atomic mass is 9.77. The molecule has 170 valence electrons. The van der Waals surface area contributed by atoms with Gasteiger partial charge < -0.3 is 10.1 Å². The number of hydrogen-bond acceptors (Lipinski definition) is 4. The number of anilines is 2. The third-order valence-electron chi connectivity index (χ3n) is 6.67. The van der Waals surface area contributed by atoms with Gasteiger partial charge in [-0.15, -0.1) is 0 Å². The average Bonchev–Trinajstić information content (AvgIpc) is 3.34. The van der Waals surface area contributed by atoms with Gasteiger partial charge in [-0.2, -0.15) is 0 Å². The second-order valence-electron chi connectivity index (χ2n) is 8.50. The topological polar surface area (TPSA) is 58.6 Å². The van der Waals surface area contributed by atoms with E-state index in [0.29, 0.717) is 23.1 Å². The molecule has 5 rings (SSSR count). The van der Waals surface area contributed by atoms with Gasteiger partial charge in [-0.05, 0) is 61.2 Å². The second kappa shape index (κ2) is 8.60. The lowest BCUT2D eigenvalue weighted by Crippen LogP contribution is -2.30. The molecule has 1 heterocycles. The number of hydrogen-bond donors (Lipinski definition) is 1. The molecule has 0 bridgehead atoms. The number of fused-ring (bicyclic) bond motifs is 3. The predicted molar refractivity (Wildman–Crippen MR) is 132 cm³/mol. The lowest BCUT2D eigenvalue weighted by molar-refractivity contribution is 0.326. The number of nitrogens with zero attached hydrogens (tertiary/aromatic N) is 1. The van der Waals surface area contributed by atoms with Crippen LogP contribution in [0, 0.1) is 5.92 Å². The number of benzene rings is 3. The van der Waals surface area contributed by atoms with Gasteiger partial charge in [0, 0.05) is 24.2 Å². The van der Waals surface area contributed by atoms with Crippen LogP contribution in [0.25, 0.3) is 0 Å². The van der Waals surface area contributed by atoms with Crippen LogP contribution in [-0.2, 0) is 10.0 Å². The van der Waals surface area contributed by atoms with Gasteiger partial charge >= 0.3 is 0 Å². The zero-order chi connectivity index (χ0) is 23.0. The Kier molecular flexibility index (Phi) is 5.62. The first kappa shape index (κ1) is 21.6. The molecule has 3 atom stereocenters. The lowest BCUT2D eigenvalue weighted by Gasteiger charge is -2.38. The third kappa shape index (κ3) is 3.78. The summed E-state index contributed by atoms with van der Waals surface area (Å²) in [7, 11) is -2.07. The Morgan fingerprint density at radius 2 is 1.76 bits per heavy atom. The maximum Gasteiger partial charge on any atom is 0.264 e. The minimum Gasteiger partial charge on any atom is -0.494 e. The Morgan fingerprint density at radius 3 is 2.55 bits per heavy atom. The summed E-state index contributed by atoms with van der Waals surface area (Å²) in [5, 5.41) is 3.69. The van der Waals surface area contributed by atoms with E-state index in [1.165, 1.54) is 4.31 Å². The molecule has 0 saturated carbocycles. The molecule has 2 aliphatic rings. The molecular weight excluding hydrogens is 432 g/mol. The van der Waals surface area contributed by atoms with Crippen molar-refractivity contribution in [1.82, 2.24) is 0 Å². The summed E-state index contributed by atoms with van der Waals surface area (Å²) in [5.41, 5.74) is 3.78. The van der Waals surface area contributed by atoms with E-state index in [1.54, 1.807) is 25.2 Å². The van der Waals surface area contributed by atoms with E-state index in [-0.39, 0.29) is 12.0 Å². The van der Waals surface area contributed by atoms with Gasteiger partial charge in [0.15, 0.2) is 0 Å². The SMILES string of the molecule is CCOc1ccccc1C1Nc2ccc(S(=O)(=O)N(C)c3ccccc3)cc2C2C=CCC21. The maximum atomic E-state index is 13.4. The minimum atomic E-state index is -3.67. The highest BCUT2D eigenvalue weighted by atomic mass is 32.2. The standard InChI is InChI=1S/C27H28N2O3S/c1-3-32-26-15-8-7-12-23(26)27-22-14-9-13-21(22)24-18-20(16-17-25(24)28-27)33(30,31)29(2)19-10-5-4-6-11-19/h4-13,15-18,21-22,27-28H,3,14H2,1-2H3. The molecule has 0 spiro atoms. The first-order valence-electron chi connectivity index (χ1n) is 11.3. The number of para-hydroxylation sites is 2. The number of rotatable bonds is 6. The normalized spacial score (nSPS) is 21.1. The first-order valence-corrected chi connectivity index (χ1v) is 12.8. The van der Waals surface area contributed by atoms with Gasteiger partial charge in [-0.25, -0.2) is 8.42 Å². The fourth-order valence-electron chi connectivity index (χ4n) is 5.00. The van der Waals surface area contributed by atoms with Gasteiger partial charge in [0.05, 0.1) is 23.2 Å². The van der Waals surface area contributed by atoms with Crippen molar-refractivity contribution >= 4 is 21.4 Å². The summed E-state index contributed by atoms with van der Waals surface area (Å²) in [5.74, 6) is 1.34. The zero-order valence-corrected chi connectivity index (χ0v) is 19.6. The highest BCUT2D eigenvalue weighted by Crippen LogP contribution is 2.51. The van der Waals surface area contributed by atoms with Crippen molar-refractivity contribution in [2.75, 3.05) is 23.3 Å². The monoisotopic (exact) mass is 460 g/mol. The largest absolute Gasteiger partial charge is 0.494 e. The van der Waals surface area contributed by atoms with Crippen molar-refractivity contribution in [3.8, 4) is 5.75 Å². The first-order chi connectivity index (χ1) is 16.0. The van der Waals surface area contributed by atoms with Crippen LogP contribution in [-0.4, -0.2) is 22.1 Å². The number of allylic oxidation sites excluding steroid dienone is 2. The Labute approximate surface area is 195 Å². The molecule has 0 aromatic heterocycles. The van der Waals surface area contributed by atoms with Crippen LogP contribution in [0.5, 0.6) is 5.75 Å². The van der Waals surface area contributed by atoms with Crippen molar-refractivity contribution in [2.24, 2.45) is 5.92 Å². The van der Waals surface area contributed by atoms with Gasteiger partial charge in [0.1, 0.15) is 5.75 Å². The van der Waals surface area contributed by atoms with Crippen molar-refractivity contribution in [1.29, 1.82) is 0 Å². The predicted octanol–water partition coefficient (Wildman–Crippen LogP) is 5.74. The van der Waals surface area contributed by atoms with E-state index >= 15 is 0 Å². The summed E-state index contributed by atoms with van der Waals surface area (Å²) < 4.78 is 34.0. The van der Waals surface area contributed by atoms with E-state index in [9.17, 15) is 8.42 Å². The summed E-state index contributed by atoms with van der Waals surface area (Å²) in [4.78, 5) is 0.307. The number of sulfonamides is 1. The molecule has 1 aliphatic heterocycles. The molecule has 3 aromatic rings. The van der Waals surface area contributed by atoms with Crippen molar-refractivity contribution in [3.05, 3.63) is 96.1 Å². The molecular formula is C27H28N2O3S. The van der Waals surface area contributed by atoms with Crippen molar-refractivity contribution in [2.45, 2.75) is 30.2 Å². The van der Waals surface area contributed by atoms with Crippen LogP contribution in [0.3, 0.4) is 0 Å². The Hall–Kier alpha value is -3.25. The molecule has 1 N–H and O–H groups in total. The van der Waals surface area contributed by atoms with Gasteiger partial charge in [0.25, 0.3) is 10.0 Å². The Balaban J connectivity index is 1.52. The molecule has 0 saturated heterocycles. The highest BCUT2D eigenvalue weighted by Gasteiger charge is 2.39. The fraction of sp³-hybridized carbons (Fsp3) is 0.259. The summed E-state index contributed by atoms with van der Waals surface area (Å²) in [6.07, 6.45) is 5.36. The Bertz CT molecular complexity index is 1290. The molecule has 33 heavy (non-hydrogen) atoms. The quantitative estimate of drug-likeness (QED) is 0.477. The molecule has 0 amide bonds. The zero-order valence-electron chi connectivity index (χ0n) is 18.8. The van der Waals surface area contributed by atoms with Crippen LogP contribution >= 0.6 is 0 Å². The van der Waals surface area contributed by atoms with E-state index < -0.39 is 10.0 Å². The van der Waals surface area contributed by atoms with E-state index in [2.05, 4.69) is 23.5 Å². The van der Waals surface area contributed by atoms with Gasteiger partial charge in [-0.1, -0.05) is 48.6 Å². The van der Waals surface area contributed by atoms with Gasteiger partial charge in [0.2, 0.25) is 0 Å². The van der Waals surface area contributed by atoms with E-state index in [0.717, 1.165) is 29.0 Å². The second-order valence-corrected chi connectivity index (χ2v) is 10.5. The molecule has 3 aromatic carbocycles. The minimum absolute atomic E-state index is 0.0923. The fourth-order valence-corrected chi connectivity index (χ4v) is 6.23. The smallest absolute Gasteiger partial charge is 0.264 e. The van der Waals surface area contributed by atoms with Crippen molar-refractivity contribution in [3.63, 3.8) is 0 Å². The number of ether oxygens (including phenoxy) is 1. The van der Waals surface area contributed by atoms with Crippen molar-refractivity contribution < 1.29 is 13.2 Å². The highest BCUT2D eigenvalue weighted by molar-refractivity contribution is 7.92. The molecule has 1 aliphatic carbocycles.